The molecule has 0 aliphatic heterocycles. The lowest BCUT2D eigenvalue weighted by Gasteiger charge is -2.10. The molecule has 2 aromatic carbocycles. The molecule has 2 aromatic rings. The molecule has 0 atom stereocenters. The van der Waals surface area contributed by atoms with Crippen LogP contribution in [0.25, 0.3) is 0 Å². The Balaban J connectivity index is 2.08. The third-order valence-corrected chi connectivity index (χ3v) is 3.08. The van der Waals surface area contributed by atoms with E-state index in [0.29, 0.717) is 12.1 Å². The number of nitrogens with one attached hydrogen (secondary N) is 1. The Kier molecular flexibility index (Phi) is 4.18. The molecule has 0 saturated heterocycles. The van der Waals surface area contributed by atoms with Crippen molar-refractivity contribution in [3.63, 3.8) is 0 Å². The average Bonchev–Trinajstić information content (AvgIpc) is 2.42. The third-order valence-electron chi connectivity index (χ3n) is 3.08. The van der Waals surface area contributed by atoms with Crippen LogP contribution in [0.5, 0.6) is 0 Å². The fraction of sp³-hybridized carbons (Fsp3) is 0.188. The van der Waals surface area contributed by atoms with Gasteiger partial charge in [-0.2, -0.15) is 0 Å². The van der Waals surface area contributed by atoms with Crippen LogP contribution in [-0.2, 0) is 17.6 Å². The van der Waals surface area contributed by atoms with Crippen molar-refractivity contribution in [1.82, 2.24) is 0 Å². The number of carbonyl (C=O) groups is 1. The fourth-order valence-electron chi connectivity index (χ4n) is 2.01. The van der Waals surface area contributed by atoms with Crippen LogP contribution in [0, 0.1) is 0 Å². The maximum Gasteiger partial charge on any atom is 0.228 e. The molecular weight excluding hydrogens is 236 g/mol. The standard InChI is InChI=1S/C16H18N2O/c1-2-12-7-4-6-10-15(12)18-16(19)11-13-8-3-5-9-14(13)17/h3-10H,2,11,17H2,1H3,(H,18,19). The van der Waals surface area contributed by atoms with Crippen LogP contribution in [-0.4, -0.2) is 5.91 Å². The number of rotatable bonds is 4. The molecule has 19 heavy (non-hydrogen) atoms. The van der Waals surface area contributed by atoms with Gasteiger partial charge in [-0.25, -0.2) is 0 Å². The molecule has 1 amide bonds. The Morgan fingerprint density at radius 2 is 1.68 bits per heavy atom. The van der Waals surface area contributed by atoms with E-state index in [0.717, 1.165) is 23.2 Å². The van der Waals surface area contributed by atoms with Gasteiger partial charge in [-0.1, -0.05) is 43.3 Å². The molecule has 0 saturated carbocycles. The number of anilines is 2. The highest BCUT2D eigenvalue weighted by molar-refractivity contribution is 5.93. The number of aryl methyl sites for hydroxylation is 1. The van der Waals surface area contributed by atoms with E-state index >= 15 is 0 Å². The quantitative estimate of drug-likeness (QED) is 0.824. The summed E-state index contributed by atoms with van der Waals surface area (Å²) in [6, 6.07) is 15.3. The number of benzene rings is 2. The Bertz CT molecular complexity index is 578. The second-order valence-corrected chi connectivity index (χ2v) is 4.43. The molecule has 0 aliphatic rings. The van der Waals surface area contributed by atoms with Crippen molar-refractivity contribution in [2.75, 3.05) is 11.1 Å². The maximum atomic E-state index is 12.0. The summed E-state index contributed by atoms with van der Waals surface area (Å²) < 4.78 is 0. The van der Waals surface area contributed by atoms with Crippen LogP contribution in [0.4, 0.5) is 11.4 Å². The number of nitrogens with two attached hydrogens (primary N) is 1. The number of hydrogen-bond donors (Lipinski definition) is 2. The Hall–Kier alpha value is -2.29. The van der Waals surface area contributed by atoms with E-state index in [-0.39, 0.29) is 5.91 Å². The van der Waals surface area contributed by atoms with Crippen molar-refractivity contribution in [2.45, 2.75) is 19.8 Å². The minimum Gasteiger partial charge on any atom is -0.398 e. The molecule has 0 spiro atoms. The van der Waals surface area contributed by atoms with Gasteiger partial charge >= 0.3 is 0 Å². The van der Waals surface area contributed by atoms with Gasteiger partial charge in [-0.15, -0.1) is 0 Å². The molecule has 0 fully saturated rings. The Morgan fingerprint density at radius 1 is 1.05 bits per heavy atom. The number of hydrogen-bond acceptors (Lipinski definition) is 2. The predicted molar refractivity (Wildman–Crippen MR) is 79.0 cm³/mol. The van der Waals surface area contributed by atoms with Crippen molar-refractivity contribution in [2.24, 2.45) is 0 Å². The first-order chi connectivity index (χ1) is 9.20. The topological polar surface area (TPSA) is 55.1 Å². The van der Waals surface area contributed by atoms with Gasteiger partial charge in [0.25, 0.3) is 0 Å². The summed E-state index contributed by atoms with van der Waals surface area (Å²) in [6.45, 7) is 2.07. The SMILES string of the molecule is CCc1ccccc1NC(=O)Cc1ccccc1N. The van der Waals surface area contributed by atoms with Gasteiger partial charge in [0.15, 0.2) is 0 Å². The molecule has 98 valence electrons. The predicted octanol–water partition coefficient (Wildman–Crippen LogP) is 3.01. The zero-order chi connectivity index (χ0) is 13.7. The van der Waals surface area contributed by atoms with E-state index in [4.69, 9.17) is 5.73 Å². The molecule has 0 aromatic heterocycles. The number of carbonyl (C=O) groups excluding carboxylic acids is 1. The van der Waals surface area contributed by atoms with E-state index in [1.54, 1.807) is 0 Å². The van der Waals surface area contributed by atoms with Gasteiger partial charge in [0.1, 0.15) is 0 Å². The highest BCUT2D eigenvalue weighted by atomic mass is 16.1. The van der Waals surface area contributed by atoms with Crippen LogP contribution in [0.3, 0.4) is 0 Å². The lowest BCUT2D eigenvalue weighted by molar-refractivity contribution is -0.115. The zero-order valence-corrected chi connectivity index (χ0v) is 11.0. The van der Waals surface area contributed by atoms with E-state index in [9.17, 15) is 4.79 Å². The maximum absolute atomic E-state index is 12.0. The first-order valence-electron chi connectivity index (χ1n) is 6.42. The van der Waals surface area contributed by atoms with Gasteiger partial charge in [-0.3, -0.25) is 4.79 Å². The van der Waals surface area contributed by atoms with Gasteiger partial charge in [0, 0.05) is 11.4 Å². The van der Waals surface area contributed by atoms with E-state index in [1.165, 1.54) is 0 Å². The number of amides is 1. The van der Waals surface area contributed by atoms with Crippen LogP contribution in [0.2, 0.25) is 0 Å². The van der Waals surface area contributed by atoms with Gasteiger partial charge in [0.2, 0.25) is 5.91 Å². The van der Waals surface area contributed by atoms with Crippen LogP contribution in [0.1, 0.15) is 18.1 Å². The molecule has 0 aliphatic carbocycles. The summed E-state index contributed by atoms with van der Waals surface area (Å²) in [7, 11) is 0. The average molecular weight is 254 g/mol. The Morgan fingerprint density at radius 3 is 2.37 bits per heavy atom. The minimum absolute atomic E-state index is 0.0428. The largest absolute Gasteiger partial charge is 0.398 e. The first kappa shape index (κ1) is 13.1. The second kappa shape index (κ2) is 6.05. The number of para-hydroxylation sites is 2. The van der Waals surface area contributed by atoms with E-state index in [2.05, 4.69) is 12.2 Å². The molecule has 3 N–H and O–H groups in total. The van der Waals surface area contributed by atoms with Crippen LogP contribution >= 0.6 is 0 Å². The van der Waals surface area contributed by atoms with Crippen molar-refractivity contribution in [3.8, 4) is 0 Å². The molecule has 3 heteroatoms. The molecule has 0 bridgehead atoms. The molecule has 3 nitrogen and oxygen atoms in total. The molecule has 0 heterocycles. The van der Waals surface area contributed by atoms with Crippen molar-refractivity contribution in [1.29, 1.82) is 0 Å². The second-order valence-electron chi connectivity index (χ2n) is 4.43. The normalized spacial score (nSPS) is 10.2. The number of nitrogen functional groups attached to an aromatic ring is 1. The molecule has 0 unspecified atom stereocenters. The highest BCUT2D eigenvalue weighted by Crippen LogP contribution is 2.17. The molecule has 2 rings (SSSR count). The van der Waals surface area contributed by atoms with Crippen molar-refractivity contribution >= 4 is 17.3 Å². The first-order valence-corrected chi connectivity index (χ1v) is 6.42. The summed E-state index contributed by atoms with van der Waals surface area (Å²) in [6.07, 6.45) is 1.19. The minimum atomic E-state index is -0.0428. The molecular formula is C16H18N2O. The van der Waals surface area contributed by atoms with Crippen LogP contribution in [0.15, 0.2) is 48.5 Å². The third kappa shape index (κ3) is 3.35. The summed E-state index contributed by atoms with van der Waals surface area (Å²) in [5.41, 5.74) is 9.36. The van der Waals surface area contributed by atoms with Crippen LogP contribution < -0.4 is 11.1 Å². The van der Waals surface area contributed by atoms with Gasteiger partial charge in [-0.05, 0) is 29.7 Å². The lowest BCUT2D eigenvalue weighted by Crippen LogP contribution is -2.16. The Labute approximate surface area is 113 Å². The monoisotopic (exact) mass is 254 g/mol. The zero-order valence-electron chi connectivity index (χ0n) is 11.0. The summed E-state index contributed by atoms with van der Waals surface area (Å²) in [4.78, 5) is 12.0. The van der Waals surface area contributed by atoms with E-state index in [1.807, 2.05) is 48.5 Å². The van der Waals surface area contributed by atoms with Gasteiger partial charge in [0.05, 0.1) is 6.42 Å². The van der Waals surface area contributed by atoms with Gasteiger partial charge < -0.3 is 11.1 Å². The summed E-state index contributed by atoms with van der Waals surface area (Å²) in [5.74, 6) is -0.0428. The smallest absolute Gasteiger partial charge is 0.228 e. The molecule has 0 radical (unpaired) electrons. The highest BCUT2D eigenvalue weighted by Gasteiger charge is 2.08. The lowest BCUT2D eigenvalue weighted by atomic mass is 10.1. The van der Waals surface area contributed by atoms with Crippen molar-refractivity contribution < 1.29 is 4.79 Å². The van der Waals surface area contributed by atoms with Crippen molar-refractivity contribution in [3.05, 3.63) is 59.7 Å². The van der Waals surface area contributed by atoms with E-state index < -0.39 is 0 Å². The summed E-state index contributed by atoms with van der Waals surface area (Å²) in [5, 5.41) is 2.94. The fourth-order valence-corrected chi connectivity index (χ4v) is 2.01. The summed E-state index contributed by atoms with van der Waals surface area (Å²) >= 11 is 0.